The van der Waals surface area contributed by atoms with Crippen molar-refractivity contribution in [3.63, 3.8) is 0 Å². The van der Waals surface area contributed by atoms with Gasteiger partial charge in [0, 0.05) is 5.57 Å². The Labute approximate surface area is 150 Å². The number of rotatable bonds is 7. The SMILES string of the molecule is C=C(C)C(=O)OC(CCCC)C1OC(C)(C)OC1C1COC(C)(C)O1. The molecule has 0 bridgehead atoms. The predicted octanol–water partition coefficient (Wildman–Crippen LogP) is 3.34. The van der Waals surface area contributed by atoms with Gasteiger partial charge in [-0.25, -0.2) is 4.79 Å². The van der Waals surface area contributed by atoms with E-state index in [9.17, 15) is 4.79 Å². The molecule has 0 radical (unpaired) electrons. The zero-order valence-electron chi connectivity index (χ0n) is 16.3. The summed E-state index contributed by atoms with van der Waals surface area (Å²) in [6.07, 6.45) is 1.17. The number of carbonyl (C=O) groups is 1. The van der Waals surface area contributed by atoms with Crippen LogP contribution in [0.1, 0.15) is 60.8 Å². The average Bonchev–Trinajstić information content (AvgIpc) is 3.02. The minimum Gasteiger partial charge on any atom is -0.456 e. The maximum Gasteiger partial charge on any atom is 0.333 e. The second-order valence-corrected chi connectivity index (χ2v) is 7.80. The highest BCUT2D eigenvalue weighted by atomic mass is 16.8. The lowest BCUT2D eigenvalue weighted by Gasteiger charge is -2.29. The summed E-state index contributed by atoms with van der Waals surface area (Å²) < 4.78 is 29.6. The first-order valence-corrected chi connectivity index (χ1v) is 9.08. The van der Waals surface area contributed by atoms with Gasteiger partial charge in [-0.2, -0.15) is 0 Å². The Morgan fingerprint density at radius 2 is 1.88 bits per heavy atom. The Morgan fingerprint density at radius 1 is 1.20 bits per heavy atom. The summed E-state index contributed by atoms with van der Waals surface area (Å²) in [6.45, 7) is 15.3. The second kappa shape index (κ2) is 7.74. The Morgan fingerprint density at radius 3 is 2.40 bits per heavy atom. The highest BCUT2D eigenvalue weighted by Crippen LogP contribution is 2.38. The molecule has 6 heteroatoms. The van der Waals surface area contributed by atoms with Crippen LogP contribution in [0.4, 0.5) is 0 Å². The molecule has 2 saturated heterocycles. The summed E-state index contributed by atoms with van der Waals surface area (Å²) in [6, 6.07) is 0. The Bertz CT molecular complexity index is 498. The molecular weight excluding hydrogens is 324 g/mol. The number of carbonyl (C=O) groups excluding carboxylic acids is 1. The topological polar surface area (TPSA) is 63.2 Å². The van der Waals surface area contributed by atoms with Crippen molar-refractivity contribution < 1.29 is 28.5 Å². The molecule has 2 heterocycles. The first kappa shape index (κ1) is 20.4. The molecule has 2 fully saturated rings. The highest BCUT2D eigenvalue weighted by molar-refractivity contribution is 5.87. The molecule has 2 rings (SSSR count). The minimum absolute atomic E-state index is 0.269. The molecule has 144 valence electrons. The van der Waals surface area contributed by atoms with Crippen LogP contribution in [0.25, 0.3) is 0 Å². The molecule has 25 heavy (non-hydrogen) atoms. The lowest BCUT2D eigenvalue weighted by molar-refractivity contribution is -0.176. The Kier molecular flexibility index (Phi) is 6.30. The van der Waals surface area contributed by atoms with Gasteiger partial charge in [0.15, 0.2) is 11.6 Å². The van der Waals surface area contributed by atoms with Gasteiger partial charge in [0.2, 0.25) is 0 Å². The first-order valence-electron chi connectivity index (χ1n) is 9.08. The van der Waals surface area contributed by atoms with Gasteiger partial charge in [-0.3, -0.25) is 0 Å². The molecule has 4 atom stereocenters. The molecule has 4 unspecified atom stereocenters. The number of hydrogen-bond donors (Lipinski definition) is 0. The molecule has 2 aliphatic heterocycles. The molecule has 0 aromatic heterocycles. The van der Waals surface area contributed by atoms with Crippen molar-refractivity contribution in [2.24, 2.45) is 0 Å². The van der Waals surface area contributed by atoms with Gasteiger partial charge in [-0.1, -0.05) is 19.9 Å². The smallest absolute Gasteiger partial charge is 0.333 e. The van der Waals surface area contributed by atoms with E-state index in [4.69, 9.17) is 23.7 Å². The zero-order valence-corrected chi connectivity index (χ0v) is 16.3. The van der Waals surface area contributed by atoms with Crippen molar-refractivity contribution in [2.45, 2.75) is 96.8 Å². The van der Waals surface area contributed by atoms with Gasteiger partial charge < -0.3 is 23.7 Å². The fourth-order valence-electron chi connectivity index (χ4n) is 3.20. The van der Waals surface area contributed by atoms with Crippen molar-refractivity contribution in [3.05, 3.63) is 12.2 Å². The highest BCUT2D eigenvalue weighted by Gasteiger charge is 2.52. The van der Waals surface area contributed by atoms with Gasteiger partial charge in [0.25, 0.3) is 0 Å². The van der Waals surface area contributed by atoms with E-state index in [1.807, 2.05) is 27.7 Å². The Balaban J connectivity index is 2.19. The van der Waals surface area contributed by atoms with E-state index in [-0.39, 0.29) is 12.2 Å². The monoisotopic (exact) mass is 356 g/mol. The Hall–Kier alpha value is -0.950. The van der Waals surface area contributed by atoms with Gasteiger partial charge in [-0.15, -0.1) is 0 Å². The molecule has 0 N–H and O–H groups in total. The van der Waals surface area contributed by atoms with E-state index in [1.54, 1.807) is 6.92 Å². The predicted molar refractivity (Wildman–Crippen MR) is 92.9 cm³/mol. The van der Waals surface area contributed by atoms with Gasteiger partial charge in [0.1, 0.15) is 24.4 Å². The minimum atomic E-state index is -0.772. The van der Waals surface area contributed by atoms with Crippen molar-refractivity contribution >= 4 is 5.97 Å². The van der Waals surface area contributed by atoms with Crippen LogP contribution >= 0.6 is 0 Å². The van der Waals surface area contributed by atoms with Crippen LogP contribution < -0.4 is 0 Å². The largest absolute Gasteiger partial charge is 0.456 e. The van der Waals surface area contributed by atoms with E-state index in [0.717, 1.165) is 12.8 Å². The molecule has 0 spiro atoms. The number of esters is 1. The van der Waals surface area contributed by atoms with E-state index >= 15 is 0 Å². The summed E-state index contributed by atoms with van der Waals surface area (Å²) in [5.41, 5.74) is 0.373. The van der Waals surface area contributed by atoms with Gasteiger partial charge in [-0.05, 0) is 47.5 Å². The van der Waals surface area contributed by atoms with E-state index < -0.39 is 29.8 Å². The molecule has 0 aliphatic carbocycles. The second-order valence-electron chi connectivity index (χ2n) is 7.80. The summed E-state index contributed by atoms with van der Waals surface area (Å²) in [7, 11) is 0. The van der Waals surface area contributed by atoms with Gasteiger partial charge >= 0.3 is 5.97 Å². The van der Waals surface area contributed by atoms with E-state index in [1.165, 1.54) is 0 Å². The summed E-state index contributed by atoms with van der Waals surface area (Å²) in [5.74, 6) is -1.83. The molecule has 0 aromatic rings. The molecule has 6 nitrogen and oxygen atoms in total. The third-order valence-corrected chi connectivity index (χ3v) is 4.38. The third-order valence-electron chi connectivity index (χ3n) is 4.38. The van der Waals surface area contributed by atoms with Crippen molar-refractivity contribution in [1.82, 2.24) is 0 Å². The number of hydrogen-bond acceptors (Lipinski definition) is 6. The van der Waals surface area contributed by atoms with Crippen molar-refractivity contribution in [3.8, 4) is 0 Å². The van der Waals surface area contributed by atoms with Crippen LogP contribution in [0.2, 0.25) is 0 Å². The van der Waals surface area contributed by atoms with Crippen LogP contribution in [0, 0.1) is 0 Å². The summed E-state index contributed by atoms with van der Waals surface area (Å²) in [4.78, 5) is 12.1. The number of unbranched alkanes of at least 4 members (excludes halogenated alkanes) is 1. The van der Waals surface area contributed by atoms with Gasteiger partial charge in [0.05, 0.1) is 6.61 Å². The standard InChI is InChI=1S/C19H32O6/c1-8-9-10-13(22-17(20)12(2)3)15-16(25-19(6,7)24-15)14-11-21-18(4,5)23-14/h13-16H,2,8-11H2,1,3-7H3. The fraction of sp³-hybridized carbons (Fsp3) is 0.842. The molecule has 0 aromatic carbocycles. The molecular formula is C19H32O6. The van der Waals surface area contributed by atoms with E-state index in [2.05, 4.69) is 13.5 Å². The zero-order chi connectivity index (χ0) is 18.8. The normalized spacial score (nSPS) is 31.7. The maximum atomic E-state index is 12.1. The van der Waals surface area contributed by atoms with Crippen LogP contribution in [0.5, 0.6) is 0 Å². The third kappa shape index (κ3) is 5.26. The van der Waals surface area contributed by atoms with Crippen LogP contribution in [-0.2, 0) is 28.5 Å². The first-order chi connectivity index (χ1) is 11.5. The van der Waals surface area contributed by atoms with Crippen molar-refractivity contribution in [1.29, 1.82) is 0 Å². The maximum absolute atomic E-state index is 12.1. The average molecular weight is 356 g/mol. The summed E-state index contributed by atoms with van der Waals surface area (Å²) in [5, 5.41) is 0. The fourth-order valence-corrected chi connectivity index (χ4v) is 3.20. The molecule has 2 aliphatic rings. The molecule has 0 amide bonds. The van der Waals surface area contributed by atoms with E-state index in [0.29, 0.717) is 18.6 Å². The van der Waals surface area contributed by atoms with Crippen LogP contribution in [-0.4, -0.2) is 48.6 Å². The number of ether oxygens (including phenoxy) is 5. The van der Waals surface area contributed by atoms with Crippen LogP contribution in [0.3, 0.4) is 0 Å². The quantitative estimate of drug-likeness (QED) is 0.515. The lowest BCUT2D eigenvalue weighted by Crippen LogP contribution is -2.45. The molecule has 0 saturated carbocycles. The van der Waals surface area contributed by atoms with Crippen LogP contribution in [0.15, 0.2) is 12.2 Å². The lowest BCUT2D eigenvalue weighted by atomic mass is 9.99. The summed E-state index contributed by atoms with van der Waals surface area (Å²) >= 11 is 0. The van der Waals surface area contributed by atoms with Crippen molar-refractivity contribution in [2.75, 3.05) is 6.61 Å².